The van der Waals surface area contributed by atoms with Crippen molar-refractivity contribution in [3.8, 4) is 0 Å². The molecule has 0 saturated heterocycles. The van der Waals surface area contributed by atoms with Crippen LogP contribution in [0.2, 0.25) is 0 Å². The molecule has 1 amide bonds. The molecule has 0 fully saturated rings. The monoisotopic (exact) mass is 322 g/mol. The number of amides is 1. The number of unbranched alkanes of at least 4 members (excludes halogenated alkanes) is 1. The van der Waals surface area contributed by atoms with Crippen LogP contribution >= 0.6 is 15.9 Å². The number of nitrogens with one attached hydrogen (secondary N) is 1. The van der Waals surface area contributed by atoms with E-state index in [1.165, 1.54) is 0 Å². The zero-order valence-corrected chi connectivity index (χ0v) is 12.9. The maximum absolute atomic E-state index is 11.9. The summed E-state index contributed by atoms with van der Waals surface area (Å²) in [6, 6.07) is -0.596. The molecule has 0 radical (unpaired) electrons. The van der Waals surface area contributed by atoms with Crippen LogP contribution in [-0.2, 0) is 14.3 Å². The summed E-state index contributed by atoms with van der Waals surface area (Å²) in [6.45, 7) is 5.98. The number of hydrogen-bond donors (Lipinski definition) is 2. The second-order valence-electron chi connectivity index (χ2n) is 5.07. The van der Waals surface area contributed by atoms with Gasteiger partial charge >= 0.3 is 5.97 Å². The van der Waals surface area contributed by atoms with Crippen molar-refractivity contribution in [3.05, 3.63) is 0 Å². The van der Waals surface area contributed by atoms with E-state index in [4.69, 9.17) is 10.5 Å². The van der Waals surface area contributed by atoms with Gasteiger partial charge in [0, 0.05) is 0 Å². The largest absolute Gasteiger partial charge is 0.458 e. The predicted molar refractivity (Wildman–Crippen MR) is 74.5 cm³/mol. The quantitative estimate of drug-likeness (QED) is 0.421. The maximum Gasteiger partial charge on any atom is 0.329 e. The van der Waals surface area contributed by atoms with E-state index in [1.54, 1.807) is 20.8 Å². The van der Waals surface area contributed by atoms with Crippen LogP contribution in [0.5, 0.6) is 0 Å². The molecule has 0 bridgehead atoms. The Labute approximate surface area is 117 Å². The highest BCUT2D eigenvalue weighted by molar-refractivity contribution is 9.09. The Morgan fingerprint density at radius 1 is 1.33 bits per heavy atom. The molecule has 5 nitrogen and oxygen atoms in total. The van der Waals surface area contributed by atoms with Crippen molar-refractivity contribution in [1.29, 1.82) is 0 Å². The van der Waals surface area contributed by atoms with Crippen molar-refractivity contribution in [2.45, 2.75) is 51.7 Å². The fourth-order valence-electron chi connectivity index (χ4n) is 1.35. The summed E-state index contributed by atoms with van der Waals surface area (Å²) in [7, 11) is 0. The van der Waals surface area contributed by atoms with Crippen molar-refractivity contribution in [2.24, 2.45) is 5.73 Å². The Kier molecular flexibility index (Phi) is 8.18. The molecule has 0 aliphatic carbocycles. The van der Waals surface area contributed by atoms with Gasteiger partial charge in [-0.1, -0.05) is 15.9 Å². The minimum absolute atomic E-state index is 0.170. The summed E-state index contributed by atoms with van der Waals surface area (Å²) in [5, 5.41) is 2.82. The molecule has 3 N–H and O–H groups in total. The summed E-state index contributed by atoms with van der Waals surface area (Å²) in [5.74, 6) is -0.618. The highest BCUT2D eigenvalue weighted by Crippen LogP contribution is 2.11. The van der Waals surface area contributed by atoms with E-state index in [1.807, 2.05) is 0 Å². The van der Waals surface area contributed by atoms with Crippen LogP contribution in [0.25, 0.3) is 0 Å². The van der Waals surface area contributed by atoms with E-state index >= 15 is 0 Å². The van der Waals surface area contributed by atoms with Gasteiger partial charge in [0.2, 0.25) is 5.91 Å². The van der Waals surface area contributed by atoms with Gasteiger partial charge in [-0.25, -0.2) is 4.79 Å². The summed E-state index contributed by atoms with van der Waals surface area (Å²) >= 11 is 3.05. The lowest BCUT2D eigenvalue weighted by Gasteiger charge is -2.24. The summed E-state index contributed by atoms with van der Waals surface area (Å²) in [4.78, 5) is 23.3. The van der Waals surface area contributed by atoms with Crippen molar-refractivity contribution in [2.75, 3.05) is 11.9 Å². The first kappa shape index (κ1) is 17.4. The van der Waals surface area contributed by atoms with Gasteiger partial charge in [-0.2, -0.15) is 0 Å². The Bertz CT molecular complexity index is 277. The molecule has 0 spiro atoms. The first-order valence-electron chi connectivity index (χ1n) is 6.08. The number of rotatable bonds is 7. The number of nitrogens with two attached hydrogens (primary N) is 1. The van der Waals surface area contributed by atoms with Gasteiger partial charge in [0.1, 0.15) is 11.6 Å². The molecular formula is C12H23BrN2O3. The summed E-state index contributed by atoms with van der Waals surface area (Å²) in [6.07, 6.45) is 2.15. The number of alkyl halides is 1. The van der Waals surface area contributed by atoms with Gasteiger partial charge in [-0.05, 0) is 46.6 Å². The number of carbonyl (C=O) groups excluding carboxylic acids is 2. The normalized spacial score (nSPS) is 12.9. The minimum atomic E-state index is -0.596. The van der Waals surface area contributed by atoms with Crippen molar-refractivity contribution in [3.63, 3.8) is 0 Å². The molecule has 106 valence electrons. The van der Waals surface area contributed by atoms with E-state index in [0.29, 0.717) is 13.0 Å². The lowest BCUT2D eigenvalue weighted by atomic mass is 10.1. The lowest BCUT2D eigenvalue weighted by molar-refractivity contribution is -0.158. The van der Waals surface area contributed by atoms with E-state index in [0.717, 1.165) is 12.8 Å². The van der Waals surface area contributed by atoms with E-state index in [9.17, 15) is 9.59 Å². The molecule has 18 heavy (non-hydrogen) atoms. The second-order valence-corrected chi connectivity index (χ2v) is 5.63. The second kappa shape index (κ2) is 8.48. The Morgan fingerprint density at radius 2 is 1.94 bits per heavy atom. The Hall–Kier alpha value is -0.620. The van der Waals surface area contributed by atoms with Crippen LogP contribution in [0.4, 0.5) is 0 Å². The zero-order valence-electron chi connectivity index (χ0n) is 11.3. The minimum Gasteiger partial charge on any atom is -0.458 e. The SMILES string of the molecule is CC(C)(C)OC(=O)[C@H](CCCCN)NC(=O)CBr. The number of hydrogen-bond acceptors (Lipinski definition) is 4. The van der Waals surface area contributed by atoms with Crippen LogP contribution in [0, 0.1) is 0 Å². The maximum atomic E-state index is 11.9. The van der Waals surface area contributed by atoms with Gasteiger partial charge in [0.05, 0.1) is 5.33 Å². The molecule has 0 rings (SSSR count). The molecule has 0 aromatic rings. The lowest BCUT2D eigenvalue weighted by Crippen LogP contribution is -2.44. The van der Waals surface area contributed by atoms with Gasteiger partial charge in [0.25, 0.3) is 0 Å². The topological polar surface area (TPSA) is 81.4 Å². The van der Waals surface area contributed by atoms with Crippen molar-refractivity contribution < 1.29 is 14.3 Å². The molecule has 0 unspecified atom stereocenters. The van der Waals surface area contributed by atoms with Gasteiger partial charge in [-0.15, -0.1) is 0 Å². The number of carbonyl (C=O) groups is 2. The van der Waals surface area contributed by atoms with Crippen LogP contribution in [0.1, 0.15) is 40.0 Å². The molecule has 0 aromatic carbocycles. The van der Waals surface area contributed by atoms with Crippen LogP contribution in [-0.4, -0.2) is 35.4 Å². The van der Waals surface area contributed by atoms with Gasteiger partial charge in [0.15, 0.2) is 0 Å². The third kappa shape index (κ3) is 8.47. The highest BCUT2D eigenvalue weighted by atomic mass is 79.9. The van der Waals surface area contributed by atoms with E-state index in [2.05, 4.69) is 21.2 Å². The molecule has 0 aliphatic rings. The van der Waals surface area contributed by atoms with E-state index < -0.39 is 17.6 Å². The van der Waals surface area contributed by atoms with Crippen LogP contribution in [0.15, 0.2) is 0 Å². The average Bonchev–Trinajstić information content (AvgIpc) is 2.25. The predicted octanol–water partition coefficient (Wildman–Crippen LogP) is 1.34. The Morgan fingerprint density at radius 3 is 2.39 bits per heavy atom. The zero-order chi connectivity index (χ0) is 14.2. The molecule has 0 saturated carbocycles. The third-order valence-electron chi connectivity index (χ3n) is 2.09. The summed E-state index contributed by atoms with van der Waals surface area (Å²) < 4.78 is 5.28. The fraction of sp³-hybridized carbons (Fsp3) is 0.833. The molecule has 6 heteroatoms. The van der Waals surface area contributed by atoms with E-state index in [-0.39, 0.29) is 11.2 Å². The van der Waals surface area contributed by atoms with Gasteiger partial charge in [-0.3, -0.25) is 4.79 Å². The molecular weight excluding hydrogens is 300 g/mol. The molecule has 0 aromatic heterocycles. The fourth-order valence-corrected chi connectivity index (χ4v) is 1.51. The average molecular weight is 323 g/mol. The first-order valence-corrected chi connectivity index (χ1v) is 7.20. The standard InChI is InChI=1S/C12H23BrN2O3/c1-12(2,3)18-11(17)9(6-4-5-7-14)15-10(16)8-13/h9H,4-8,14H2,1-3H3,(H,15,16)/t9-/m0/s1. The first-order chi connectivity index (χ1) is 8.30. The van der Waals surface area contributed by atoms with Crippen molar-refractivity contribution >= 4 is 27.8 Å². The van der Waals surface area contributed by atoms with Crippen LogP contribution in [0.3, 0.4) is 0 Å². The van der Waals surface area contributed by atoms with Crippen LogP contribution < -0.4 is 11.1 Å². The molecule has 0 aliphatic heterocycles. The number of esters is 1. The van der Waals surface area contributed by atoms with Crippen molar-refractivity contribution in [1.82, 2.24) is 5.32 Å². The Balaban J connectivity index is 4.43. The molecule has 1 atom stereocenters. The smallest absolute Gasteiger partial charge is 0.329 e. The van der Waals surface area contributed by atoms with Gasteiger partial charge < -0.3 is 15.8 Å². The number of ether oxygens (including phenoxy) is 1. The summed E-state index contributed by atoms with van der Waals surface area (Å²) in [5.41, 5.74) is 4.86. The third-order valence-corrected chi connectivity index (χ3v) is 2.60. The number of halogens is 1. The highest BCUT2D eigenvalue weighted by Gasteiger charge is 2.25. The molecule has 0 heterocycles.